The van der Waals surface area contributed by atoms with Crippen molar-refractivity contribution in [1.82, 2.24) is 15.2 Å². The fourth-order valence-electron chi connectivity index (χ4n) is 1.83. The maximum absolute atomic E-state index is 11.9. The molecule has 19 heavy (non-hydrogen) atoms. The number of halogens is 1. The minimum Gasteiger partial charge on any atom is -0.340 e. The van der Waals surface area contributed by atoms with Crippen LogP contribution < -0.4 is 5.32 Å². The molecule has 1 unspecified atom stereocenters. The molecule has 1 saturated heterocycles. The number of aromatic nitrogens is 1. The summed E-state index contributed by atoms with van der Waals surface area (Å²) in [5, 5.41) is 2.80. The summed E-state index contributed by atoms with van der Waals surface area (Å²) < 4.78 is 0. The molecule has 2 heterocycles. The lowest BCUT2D eigenvalue weighted by Crippen LogP contribution is -2.52. The number of rotatable bonds is 2. The second kappa shape index (κ2) is 5.36. The van der Waals surface area contributed by atoms with E-state index in [0.717, 1.165) is 4.90 Å². The van der Waals surface area contributed by atoms with Gasteiger partial charge in [-0.05, 0) is 18.6 Å². The maximum atomic E-state index is 11.9. The maximum Gasteiger partial charge on any atom is 0.252 e. The minimum atomic E-state index is -0.679. The predicted molar refractivity (Wildman–Crippen MR) is 67.5 cm³/mol. The van der Waals surface area contributed by atoms with E-state index in [2.05, 4.69) is 10.3 Å². The Hall–Kier alpha value is -1.95. The van der Waals surface area contributed by atoms with E-state index in [1.807, 2.05) is 0 Å². The van der Waals surface area contributed by atoms with Gasteiger partial charge in [-0.1, -0.05) is 11.6 Å². The van der Waals surface area contributed by atoms with Crippen molar-refractivity contribution in [3.8, 4) is 0 Å². The number of piperidine rings is 1. The summed E-state index contributed by atoms with van der Waals surface area (Å²) in [6, 6.07) is 2.24. The number of likely N-dealkylation sites (tertiary alicyclic amines) is 1. The highest BCUT2D eigenvalue weighted by Crippen LogP contribution is 2.13. The molecular formula is C12H12ClN3O3. The van der Waals surface area contributed by atoms with Gasteiger partial charge < -0.3 is 5.32 Å². The van der Waals surface area contributed by atoms with Gasteiger partial charge in [-0.25, -0.2) is 4.98 Å². The van der Waals surface area contributed by atoms with E-state index in [4.69, 9.17) is 11.6 Å². The van der Waals surface area contributed by atoms with Crippen molar-refractivity contribution in [2.45, 2.75) is 18.9 Å². The standard InChI is InChI=1S/C12H12ClN3O3/c1-16-10(17)3-2-8(12(16)19)15-11(18)7-4-5-14-9(13)6-7/h4-6,8H,2-3H2,1H3,(H,15,18). The topological polar surface area (TPSA) is 79.4 Å². The smallest absolute Gasteiger partial charge is 0.252 e. The van der Waals surface area contributed by atoms with Crippen LogP contribution in [0.15, 0.2) is 18.3 Å². The Balaban J connectivity index is 2.07. The average Bonchev–Trinajstić information content (AvgIpc) is 2.39. The largest absolute Gasteiger partial charge is 0.340 e. The third-order valence-corrected chi connectivity index (χ3v) is 3.15. The van der Waals surface area contributed by atoms with Crippen LogP contribution in [-0.2, 0) is 9.59 Å². The van der Waals surface area contributed by atoms with Gasteiger partial charge in [0.1, 0.15) is 11.2 Å². The number of hydrogen-bond acceptors (Lipinski definition) is 4. The van der Waals surface area contributed by atoms with Gasteiger partial charge in [0.25, 0.3) is 11.8 Å². The molecule has 1 aromatic heterocycles. The molecule has 3 amide bonds. The Morgan fingerprint density at radius 3 is 2.95 bits per heavy atom. The summed E-state index contributed by atoms with van der Waals surface area (Å²) in [6.45, 7) is 0. The van der Waals surface area contributed by atoms with Gasteiger partial charge in [0, 0.05) is 25.2 Å². The second-order valence-corrected chi connectivity index (χ2v) is 4.61. The number of likely N-dealkylation sites (N-methyl/N-ethyl adjacent to an activating group) is 1. The molecule has 1 atom stereocenters. The Morgan fingerprint density at radius 1 is 1.53 bits per heavy atom. The molecule has 7 heteroatoms. The lowest BCUT2D eigenvalue weighted by atomic mass is 10.0. The number of hydrogen-bond donors (Lipinski definition) is 1. The first-order valence-corrected chi connectivity index (χ1v) is 6.09. The van der Waals surface area contributed by atoms with Crippen LogP contribution in [0.1, 0.15) is 23.2 Å². The summed E-state index contributed by atoms with van der Waals surface area (Å²) in [4.78, 5) is 39.9. The number of nitrogens with zero attached hydrogens (tertiary/aromatic N) is 2. The molecule has 1 aromatic rings. The lowest BCUT2D eigenvalue weighted by Gasteiger charge is -2.28. The number of imide groups is 1. The second-order valence-electron chi connectivity index (χ2n) is 4.22. The molecule has 0 aromatic carbocycles. The molecule has 0 bridgehead atoms. The normalized spacial score (nSPS) is 19.5. The van der Waals surface area contributed by atoms with Gasteiger partial charge in [-0.3, -0.25) is 19.3 Å². The van der Waals surface area contributed by atoms with Crippen LogP contribution in [-0.4, -0.2) is 40.7 Å². The zero-order valence-corrected chi connectivity index (χ0v) is 11.0. The summed E-state index contributed by atoms with van der Waals surface area (Å²) >= 11 is 5.69. The van der Waals surface area contributed by atoms with Gasteiger partial charge >= 0.3 is 0 Å². The summed E-state index contributed by atoms with van der Waals surface area (Å²) in [6.07, 6.45) is 1.96. The van der Waals surface area contributed by atoms with Crippen LogP contribution >= 0.6 is 11.6 Å². The molecule has 1 aliphatic heterocycles. The molecule has 1 N–H and O–H groups in total. The van der Waals surface area contributed by atoms with Crippen molar-refractivity contribution >= 4 is 29.3 Å². The van der Waals surface area contributed by atoms with Crippen LogP contribution in [0, 0.1) is 0 Å². The zero-order valence-electron chi connectivity index (χ0n) is 10.2. The molecule has 1 fully saturated rings. The molecule has 0 aliphatic carbocycles. The molecule has 1 aliphatic rings. The van der Waals surface area contributed by atoms with Crippen molar-refractivity contribution in [2.75, 3.05) is 7.05 Å². The molecule has 0 saturated carbocycles. The Bertz CT molecular complexity index is 547. The summed E-state index contributed by atoms with van der Waals surface area (Å²) in [5.41, 5.74) is 0.326. The number of carbonyl (C=O) groups excluding carboxylic acids is 3. The first-order valence-electron chi connectivity index (χ1n) is 5.72. The minimum absolute atomic E-state index is 0.204. The average molecular weight is 282 g/mol. The Morgan fingerprint density at radius 2 is 2.26 bits per heavy atom. The van der Waals surface area contributed by atoms with Gasteiger partial charge in [-0.2, -0.15) is 0 Å². The van der Waals surface area contributed by atoms with E-state index >= 15 is 0 Å². The SMILES string of the molecule is CN1C(=O)CCC(NC(=O)c2ccnc(Cl)c2)C1=O. The first kappa shape index (κ1) is 13.5. The molecule has 2 rings (SSSR count). The van der Waals surface area contributed by atoms with E-state index in [-0.39, 0.29) is 17.5 Å². The molecular weight excluding hydrogens is 270 g/mol. The van der Waals surface area contributed by atoms with Crippen LogP contribution in [0.25, 0.3) is 0 Å². The van der Waals surface area contributed by atoms with Crippen LogP contribution in [0.3, 0.4) is 0 Å². The number of pyridine rings is 1. The van der Waals surface area contributed by atoms with Gasteiger partial charge in [0.05, 0.1) is 0 Å². The number of nitrogens with one attached hydrogen (secondary N) is 1. The number of amides is 3. The van der Waals surface area contributed by atoms with E-state index in [0.29, 0.717) is 12.0 Å². The van der Waals surface area contributed by atoms with Gasteiger partial charge in [-0.15, -0.1) is 0 Å². The van der Waals surface area contributed by atoms with Gasteiger partial charge in [0.15, 0.2) is 0 Å². The van der Waals surface area contributed by atoms with Crippen LogP contribution in [0.2, 0.25) is 5.15 Å². The quantitative estimate of drug-likeness (QED) is 0.636. The zero-order chi connectivity index (χ0) is 14.0. The molecule has 0 radical (unpaired) electrons. The lowest BCUT2D eigenvalue weighted by molar-refractivity contribution is -0.147. The summed E-state index contributed by atoms with van der Waals surface area (Å²) in [5.74, 6) is -1.04. The van der Waals surface area contributed by atoms with E-state index in [1.54, 1.807) is 0 Å². The first-order chi connectivity index (χ1) is 8.99. The van der Waals surface area contributed by atoms with E-state index in [1.165, 1.54) is 25.4 Å². The highest BCUT2D eigenvalue weighted by Gasteiger charge is 2.32. The van der Waals surface area contributed by atoms with Crippen LogP contribution in [0.4, 0.5) is 0 Å². The Kier molecular flexibility index (Phi) is 3.80. The van der Waals surface area contributed by atoms with Crippen molar-refractivity contribution in [3.63, 3.8) is 0 Å². The van der Waals surface area contributed by atoms with Crippen molar-refractivity contribution < 1.29 is 14.4 Å². The van der Waals surface area contributed by atoms with Gasteiger partial charge in [0.2, 0.25) is 5.91 Å². The predicted octanol–water partition coefficient (Wildman–Crippen LogP) is 0.612. The molecule has 100 valence electrons. The van der Waals surface area contributed by atoms with E-state index < -0.39 is 17.9 Å². The highest BCUT2D eigenvalue weighted by atomic mass is 35.5. The van der Waals surface area contributed by atoms with Crippen LogP contribution in [0.5, 0.6) is 0 Å². The third-order valence-electron chi connectivity index (χ3n) is 2.94. The van der Waals surface area contributed by atoms with Crippen molar-refractivity contribution in [1.29, 1.82) is 0 Å². The fraction of sp³-hybridized carbons (Fsp3) is 0.333. The highest BCUT2D eigenvalue weighted by molar-refractivity contribution is 6.29. The van der Waals surface area contributed by atoms with E-state index in [9.17, 15) is 14.4 Å². The van der Waals surface area contributed by atoms with Crippen molar-refractivity contribution in [2.24, 2.45) is 0 Å². The third kappa shape index (κ3) is 2.90. The summed E-state index contributed by atoms with van der Waals surface area (Å²) in [7, 11) is 1.41. The number of carbonyl (C=O) groups is 3. The monoisotopic (exact) mass is 281 g/mol. The Labute approximate surface area is 114 Å². The molecule has 6 nitrogen and oxygen atoms in total. The van der Waals surface area contributed by atoms with Crippen molar-refractivity contribution in [3.05, 3.63) is 29.0 Å². The fourth-order valence-corrected chi connectivity index (χ4v) is 2.01. The molecule has 0 spiro atoms.